The predicted molar refractivity (Wildman–Crippen MR) is 120 cm³/mol. The number of hydrazone groups is 1. The number of imidazole rings is 1. The van der Waals surface area contributed by atoms with Gasteiger partial charge in [-0.3, -0.25) is 9.20 Å². The highest BCUT2D eigenvalue weighted by atomic mass is 35.5. The van der Waals surface area contributed by atoms with E-state index in [-0.39, 0.29) is 12.3 Å². The van der Waals surface area contributed by atoms with E-state index < -0.39 is 0 Å². The van der Waals surface area contributed by atoms with Crippen LogP contribution in [0.4, 0.5) is 0 Å². The molecule has 4 aromatic rings. The van der Waals surface area contributed by atoms with Crippen LogP contribution in [0.15, 0.2) is 41.1 Å². The highest BCUT2D eigenvalue weighted by molar-refractivity contribution is 7.15. The van der Waals surface area contributed by atoms with Gasteiger partial charge >= 0.3 is 0 Å². The molecule has 0 atom stereocenters. The number of amides is 1. The summed E-state index contributed by atoms with van der Waals surface area (Å²) in [6.45, 7) is 2.12. The molecule has 0 aliphatic heterocycles. The fourth-order valence-corrected chi connectivity index (χ4v) is 4.40. The van der Waals surface area contributed by atoms with Crippen LogP contribution in [0.1, 0.15) is 22.5 Å². The third kappa shape index (κ3) is 4.37. The van der Waals surface area contributed by atoms with Crippen LogP contribution in [0.5, 0.6) is 0 Å². The topological polar surface area (TPSA) is 76.6 Å². The van der Waals surface area contributed by atoms with Crippen molar-refractivity contribution in [1.29, 1.82) is 0 Å². The molecule has 4 rings (SSSR count). The van der Waals surface area contributed by atoms with E-state index in [1.165, 1.54) is 17.6 Å². The van der Waals surface area contributed by atoms with Crippen molar-refractivity contribution in [2.24, 2.45) is 5.10 Å². The molecular formula is C19H15Cl3N6OS. The quantitative estimate of drug-likeness (QED) is 0.323. The predicted octanol–water partition coefficient (Wildman–Crippen LogP) is 4.60. The van der Waals surface area contributed by atoms with Crippen molar-refractivity contribution in [3.63, 3.8) is 0 Å². The molecule has 1 N–H and O–H groups in total. The molecule has 0 aliphatic rings. The van der Waals surface area contributed by atoms with Crippen molar-refractivity contribution in [3.8, 4) is 0 Å². The second-order valence-corrected chi connectivity index (χ2v) is 8.49. The van der Waals surface area contributed by atoms with E-state index in [4.69, 9.17) is 34.8 Å². The number of benzene rings is 1. The molecule has 1 amide bonds. The van der Waals surface area contributed by atoms with E-state index in [0.29, 0.717) is 38.7 Å². The molecule has 0 radical (unpaired) electrons. The largest absolute Gasteiger partial charge is 0.297 e. The van der Waals surface area contributed by atoms with Crippen LogP contribution < -0.4 is 5.43 Å². The molecule has 0 saturated heterocycles. The summed E-state index contributed by atoms with van der Waals surface area (Å²) in [6.07, 6.45) is 5.31. The average Bonchev–Trinajstić information content (AvgIpc) is 3.34. The van der Waals surface area contributed by atoms with Crippen LogP contribution in [-0.4, -0.2) is 31.3 Å². The summed E-state index contributed by atoms with van der Waals surface area (Å²) in [4.78, 5) is 17.4. The first-order chi connectivity index (χ1) is 14.4. The Kier molecular flexibility index (Phi) is 6.10. The van der Waals surface area contributed by atoms with Crippen LogP contribution in [0.2, 0.25) is 15.2 Å². The Labute approximate surface area is 190 Å². The van der Waals surface area contributed by atoms with Gasteiger partial charge in [0, 0.05) is 33.4 Å². The number of halogens is 3. The lowest BCUT2D eigenvalue weighted by Gasteiger charge is -2.08. The van der Waals surface area contributed by atoms with Crippen molar-refractivity contribution in [1.82, 2.24) is 24.6 Å². The zero-order valence-electron chi connectivity index (χ0n) is 15.6. The maximum Gasteiger partial charge on any atom is 0.246 e. The maximum absolute atomic E-state index is 12.1. The number of aryl methyl sites for hydroxylation is 1. The minimum atomic E-state index is -0.277. The van der Waals surface area contributed by atoms with Gasteiger partial charge in [-0.15, -0.1) is 11.3 Å². The van der Waals surface area contributed by atoms with Crippen LogP contribution >= 0.6 is 46.1 Å². The number of hydrogen-bond acceptors (Lipinski definition) is 5. The molecule has 0 bridgehead atoms. The monoisotopic (exact) mass is 480 g/mol. The zero-order valence-corrected chi connectivity index (χ0v) is 18.7. The molecule has 11 heteroatoms. The second kappa shape index (κ2) is 8.77. The molecule has 7 nitrogen and oxygen atoms in total. The number of rotatable bonds is 6. The lowest BCUT2D eigenvalue weighted by molar-refractivity contribution is -0.120. The molecule has 0 saturated carbocycles. The van der Waals surface area contributed by atoms with Gasteiger partial charge in [-0.05, 0) is 19.1 Å². The van der Waals surface area contributed by atoms with Crippen molar-refractivity contribution in [2.75, 3.05) is 0 Å². The average molecular weight is 482 g/mol. The van der Waals surface area contributed by atoms with E-state index in [2.05, 4.69) is 20.6 Å². The highest BCUT2D eigenvalue weighted by Crippen LogP contribution is 2.27. The minimum Gasteiger partial charge on any atom is -0.297 e. The molecule has 3 aromatic heterocycles. The molecule has 0 aliphatic carbocycles. The minimum absolute atomic E-state index is 0.128. The van der Waals surface area contributed by atoms with E-state index in [9.17, 15) is 4.79 Å². The SMILES string of the molecule is Cc1nn(Cc2c(Cl)cccc2Cl)c(Cl)c1/C=N\NC(=O)Cc1cn2ccsc2n1. The molecule has 3 heterocycles. The van der Waals surface area contributed by atoms with Gasteiger partial charge in [-0.1, -0.05) is 40.9 Å². The summed E-state index contributed by atoms with van der Waals surface area (Å²) in [5, 5.41) is 11.8. The summed E-state index contributed by atoms with van der Waals surface area (Å²) in [6, 6.07) is 5.29. The molecule has 0 fully saturated rings. The number of fused-ring (bicyclic) bond motifs is 1. The molecule has 1 aromatic carbocycles. The molecule has 30 heavy (non-hydrogen) atoms. The van der Waals surface area contributed by atoms with Crippen LogP contribution in [-0.2, 0) is 17.8 Å². The fraction of sp³-hybridized carbons (Fsp3) is 0.158. The van der Waals surface area contributed by atoms with Crippen molar-refractivity contribution < 1.29 is 4.79 Å². The van der Waals surface area contributed by atoms with E-state index in [0.717, 1.165) is 10.5 Å². The van der Waals surface area contributed by atoms with Crippen LogP contribution in [0, 0.1) is 6.92 Å². The van der Waals surface area contributed by atoms with E-state index in [1.54, 1.807) is 29.8 Å². The number of nitrogens with zero attached hydrogens (tertiary/aromatic N) is 5. The third-order valence-corrected chi connectivity index (χ3v) is 6.22. The van der Waals surface area contributed by atoms with Crippen molar-refractivity contribution >= 4 is 63.2 Å². The number of hydrogen-bond donors (Lipinski definition) is 1. The van der Waals surface area contributed by atoms with E-state index >= 15 is 0 Å². The summed E-state index contributed by atoms with van der Waals surface area (Å²) < 4.78 is 3.46. The smallest absolute Gasteiger partial charge is 0.246 e. The second-order valence-electron chi connectivity index (χ2n) is 6.44. The van der Waals surface area contributed by atoms with Gasteiger partial charge in [-0.2, -0.15) is 10.2 Å². The van der Waals surface area contributed by atoms with Gasteiger partial charge in [0.1, 0.15) is 5.15 Å². The summed E-state index contributed by atoms with van der Waals surface area (Å²) in [5.74, 6) is -0.277. The van der Waals surface area contributed by atoms with Crippen molar-refractivity contribution in [2.45, 2.75) is 19.9 Å². The first kappa shape index (κ1) is 20.9. The first-order valence-corrected chi connectivity index (χ1v) is 10.8. The Morgan fingerprint density at radius 2 is 2.07 bits per heavy atom. The van der Waals surface area contributed by atoms with Gasteiger partial charge in [0.05, 0.1) is 36.1 Å². The summed E-state index contributed by atoms with van der Waals surface area (Å²) >= 11 is 20.4. The number of nitrogens with one attached hydrogen (secondary N) is 1. The first-order valence-electron chi connectivity index (χ1n) is 8.81. The Morgan fingerprint density at radius 3 is 2.80 bits per heavy atom. The third-order valence-electron chi connectivity index (χ3n) is 4.35. The normalized spacial score (nSPS) is 11.6. The Balaban J connectivity index is 1.43. The molecule has 0 unspecified atom stereocenters. The van der Waals surface area contributed by atoms with Crippen LogP contribution in [0.3, 0.4) is 0 Å². The number of carbonyl (C=O) groups excluding carboxylic acids is 1. The maximum atomic E-state index is 12.1. The molecular weight excluding hydrogens is 467 g/mol. The highest BCUT2D eigenvalue weighted by Gasteiger charge is 2.15. The lowest BCUT2D eigenvalue weighted by Crippen LogP contribution is -2.20. The van der Waals surface area contributed by atoms with Gasteiger partial charge < -0.3 is 0 Å². The summed E-state index contributed by atoms with van der Waals surface area (Å²) in [7, 11) is 0. The fourth-order valence-electron chi connectivity index (χ4n) is 2.89. The lowest BCUT2D eigenvalue weighted by atomic mass is 10.2. The Morgan fingerprint density at radius 1 is 1.30 bits per heavy atom. The van der Waals surface area contributed by atoms with Crippen LogP contribution in [0.25, 0.3) is 4.96 Å². The Bertz CT molecular complexity index is 1210. The standard InChI is InChI=1S/C19H15Cl3N6OS/c1-11-13(18(22)28(26-11)10-14-15(20)3-2-4-16(14)21)8-23-25-17(29)7-12-9-27-5-6-30-19(27)24-12/h2-6,8-9H,7,10H2,1H3,(H,25,29)/b23-8-. The number of aromatic nitrogens is 4. The van der Waals surface area contributed by atoms with Gasteiger partial charge in [0.15, 0.2) is 4.96 Å². The molecule has 0 spiro atoms. The number of carbonyl (C=O) groups is 1. The van der Waals surface area contributed by atoms with E-state index in [1.807, 2.05) is 22.2 Å². The van der Waals surface area contributed by atoms with Gasteiger partial charge in [0.25, 0.3) is 0 Å². The van der Waals surface area contributed by atoms with Gasteiger partial charge in [0.2, 0.25) is 5.91 Å². The molecule has 154 valence electrons. The van der Waals surface area contributed by atoms with Crippen molar-refractivity contribution in [3.05, 3.63) is 73.7 Å². The summed E-state index contributed by atoms with van der Waals surface area (Å²) in [5.41, 5.74) is 5.16. The van der Waals surface area contributed by atoms with Gasteiger partial charge in [-0.25, -0.2) is 15.1 Å². The zero-order chi connectivity index (χ0) is 21.3. The number of thiazole rings is 1. The Hall–Kier alpha value is -2.39.